The van der Waals surface area contributed by atoms with Gasteiger partial charge in [0, 0.05) is 5.56 Å². The SMILES string of the molecule is CCCCCCCCCCCCC(C)CC(O)(CC(N)=O)c1cc(O)ccc1O. The van der Waals surface area contributed by atoms with Crippen molar-refractivity contribution in [1.29, 1.82) is 0 Å². The van der Waals surface area contributed by atoms with Crippen LogP contribution in [0.25, 0.3) is 0 Å². The minimum atomic E-state index is -1.58. The van der Waals surface area contributed by atoms with Crippen molar-refractivity contribution in [3.05, 3.63) is 23.8 Å². The Hall–Kier alpha value is -1.75. The molecule has 5 nitrogen and oxygen atoms in total. The maximum absolute atomic E-state index is 11.5. The van der Waals surface area contributed by atoms with Crippen molar-refractivity contribution in [3.8, 4) is 11.5 Å². The second-order valence-corrected chi connectivity index (χ2v) is 8.66. The molecule has 166 valence electrons. The number of benzene rings is 1. The molecular formula is C24H41NO4. The summed E-state index contributed by atoms with van der Waals surface area (Å²) >= 11 is 0. The molecule has 2 atom stereocenters. The number of hydrogen-bond donors (Lipinski definition) is 4. The lowest BCUT2D eigenvalue weighted by atomic mass is 9.80. The molecule has 1 aromatic carbocycles. The van der Waals surface area contributed by atoms with E-state index in [9.17, 15) is 20.1 Å². The average molecular weight is 408 g/mol. The van der Waals surface area contributed by atoms with Gasteiger partial charge >= 0.3 is 0 Å². The van der Waals surface area contributed by atoms with Crippen molar-refractivity contribution in [3.63, 3.8) is 0 Å². The summed E-state index contributed by atoms with van der Waals surface area (Å²) in [5.74, 6) is -0.683. The summed E-state index contributed by atoms with van der Waals surface area (Å²) in [6.07, 6.45) is 13.7. The highest BCUT2D eigenvalue weighted by Crippen LogP contribution is 2.39. The van der Waals surface area contributed by atoms with E-state index in [0.29, 0.717) is 6.42 Å². The summed E-state index contributed by atoms with van der Waals surface area (Å²) in [7, 11) is 0. The summed E-state index contributed by atoms with van der Waals surface area (Å²) in [4.78, 5) is 11.5. The number of amides is 1. The zero-order chi connectivity index (χ0) is 21.7. The number of carbonyl (C=O) groups excluding carboxylic acids is 1. The maximum atomic E-state index is 11.5. The summed E-state index contributed by atoms with van der Waals surface area (Å²) < 4.78 is 0. The molecule has 0 bridgehead atoms. The van der Waals surface area contributed by atoms with Crippen LogP contribution in [0, 0.1) is 5.92 Å². The number of rotatable bonds is 16. The van der Waals surface area contributed by atoms with Gasteiger partial charge in [-0.2, -0.15) is 0 Å². The highest BCUT2D eigenvalue weighted by Gasteiger charge is 2.35. The number of nitrogens with two attached hydrogens (primary N) is 1. The monoisotopic (exact) mass is 407 g/mol. The van der Waals surface area contributed by atoms with E-state index in [4.69, 9.17) is 5.73 Å². The van der Waals surface area contributed by atoms with E-state index in [2.05, 4.69) is 6.92 Å². The molecule has 0 aliphatic heterocycles. The van der Waals surface area contributed by atoms with Crippen LogP contribution in [-0.4, -0.2) is 21.2 Å². The zero-order valence-electron chi connectivity index (χ0n) is 18.3. The Balaban J connectivity index is 2.43. The first-order valence-corrected chi connectivity index (χ1v) is 11.3. The van der Waals surface area contributed by atoms with Crippen molar-refractivity contribution in [1.82, 2.24) is 0 Å². The Labute approximate surface area is 176 Å². The quantitative estimate of drug-likeness (QED) is 0.215. The van der Waals surface area contributed by atoms with E-state index in [1.165, 1.54) is 76.0 Å². The molecule has 1 rings (SSSR count). The standard InChI is InChI=1S/C24H41NO4/c1-3-4-5-6-7-8-9-10-11-12-13-19(2)17-24(29,18-23(25)28)21-16-20(26)14-15-22(21)27/h14-16,19,26-27,29H,3-13,17-18H2,1-2H3,(H2,25,28). The van der Waals surface area contributed by atoms with Gasteiger partial charge in [-0.3, -0.25) is 4.79 Å². The lowest BCUT2D eigenvalue weighted by Gasteiger charge is -2.31. The molecule has 0 aliphatic rings. The minimum absolute atomic E-state index is 0.0666. The number of primary amides is 1. The van der Waals surface area contributed by atoms with Crippen molar-refractivity contribution >= 4 is 5.91 Å². The lowest BCUT2D eigenvalue weighted by molar-refractivity contribution is -0.124. The van der Waals surface area contributed by atoms with Crippen LogP contribution in [0.5, 0.6) is 11.5 Å². The van der Waals surface area contributed by atoms with E-state index in [1.54, 1.807) is 0 Å². The number of hydrogen-bond acceptors (Lipinski definition) is 4. The number of aromatic hydroxyl groups is 2. The topological polar surface area (TPSA) is 104 Å². The average Bonchev–Trinajstić information content (AvgIpc) is 2.64. The van der Waals surface area contributed by atoms with Gasteiger partial charge in [-0.25, -0.2) is 0 Å². The third-order valence-electron chi connectivity index (χ3n) is 5.68. The highest BCUT2D eigenvalue weighted by molar-refractivity contribution is 5.75. The van der Waals surface area contributed by atoms with Gasteiger partial charge < -0.3 is 21.1 Å². The Morgan fingerprint density at radius 3 is 2.10 bits per heavy atom. The van der Waals surface area contributed by atoms with Crippen LogP contribution in [-0.2, 0) is 10.4 Å². The van der Waals surface area contributed by atoms with E-state index in [-0.39, 0.29) is 29.4 Å². The van der Waals surface area contributed by atoms with E-state index in [1.807, 2.05) is 6.92 Å². The number of unbranched alkanes of at least 4 members (excludes halogenated alkanes) is 9. The summed E-state index contributed by atoms with van der Waals surface area (Å²) in [5, 5.41) is 31.0. The van der Waals surface area contributed by atoms with Crippen LogP contribution in [0.4, 0.5) is 0 Å². The molecule has 0 radical (unpaired) electrons. The predicted octanol–water partition coefficient (Wildman–Crippen LogP) is 5.50. The second-order valence-electron chi connectivity index (χ2n) is 8.66. The Kier molecular flexibility index (Phi) is 11.7. The van der Waals surface area contributed by atoms with Crippen LogP contribution in [0.1, 0.15) is 103 Å². The van der Waals surface area contributed by atoms with Crippen LogP contribution in [0.15, 0.2) is 18.2 Å². The summed E-state index contributed by atoms with van der Waals surface area (Å²) in [6, 6.07) is 3.98. The highest BCUT2D eigenvalue weighted by atomic mass is 16.3. The molecule has 0 saturated heterocycles. The minimum Gasteiger partial charge on any atom is -0.508 e. The number of phenolic OH excluding ortho intramolecular Hbond substituents is 2. The number of aliphatic hydroxyl groups is 1. The molecule has 0 heterocycles. The van der Waals surface area contributed by atoms with Crippen LogP contribution in [0.3, 0.4) is 0 Å². The zero-order valence-corrected chi connectivity index (χ0v) is 18.3. The smallest absolute Gasteiger partial charge is 0.220 e. The Morgan fingerprint density at radius 1 is 1.00 bits per heavy atom. The first kappa shape index (κ1) is 25.3. The van der Waals surface area contributed by atoms with Crippen LogP contribution < -0.4 is 5.73 Å². The maximum Gasteiger partial charge on any atom is 0.220 e. The van der Waals surface area contributed by atoms with Gasteiger partial charge in [-0.05, 0) is 30.5 Å². The summed E-state index contributed by atoms with van der Waals surface area (Å²) in [5.41, 5.74) is 3.92. The van der Waals surface area contributed by atoms with Gasteiger partial charge in [0.15, 0.2) is 0 Å². The van der Waals surface area contributed by atoms with Crippen molar-refractivity contribution in [2.75, 3.05) is 0 Å². The van der Waals surface area contributed by atoms with Gasteiger partial charge in [-0.1, -0.05) is 84.5 Å². The number of phenols is 2. The predicted molar refractivity (Wildman–Crippen MR) is 118 cm³/mol. The van der Waals surface area contributed by atoms with E-state index < -0.39 is 11.5 Å². The first-order chi connectivity index (χ1) is 13.8. The molecule has 29 heavy (non-hydrogen) atoms. The molecule has 5 N–H and O–H groups in total. The van der Waals surface area contributed by atoms with Crippen LogP contribution in [0.2, 0.25) is 0 Å². The molecule has 0 spiro atoms. The fourth-order valence-corrected chi connectivity index (χ4v) is 4.12. The largest absolute Gasteiger partial charge is 0.508 e. The molecule has 0 fully saturated rings. The van der Waals surface area contributed by atoms with Crippen molar-refractivity contribution < 1.29 is 20.1 Å². The van der Waals surface area contributed by atoms with Crippen molar-refractivity contribution in [2.24, 2.45) is 11.7 Å². The third kappa shape index (κ3) is 10.0. The normalized spacial score (nSPS) is 14.4. The Bertz CT molecular complexity index is 605. The molecule has 1 aromatic rings. The molecule has 0 aromatic heterocycles. The second kappa shape index (κ2) is 13.5. The van der Waals surface area contributed by atoms with E-state index >= 15 is 0 Å². The third-order valence-corrected chi connectivity index (χ3v) is 5.68. The van der Waals surface area contributed by atoms with Gasteiger partial charge in [0.25, 0.3) is 0 Å². The number of carbonyl (C=O) groups is 1. The fraction of sp³-hybridized carbons (Fsp3) is 0.708. The molecule has 5 heteroatoms. The lowest BCUT2D eigenvalue weighted by Crippen LogP contribution is -2.34. The molecule has 0 aliphatic carbocycles. The molecule has 1 amide bonds. The van der Waals surface area contributed by atoms with Gasteiger partial charge in [0.05, 0.1) is 6.42 Å². The molecule has 2 unspecified atom stereocenters. The van der Waals surface area contributed by atoms with Crippen molar-refractivity contribution in [2.45, 2.75) is 103 Å². The van der Waals surface area contributed by atoms with E-state index in [0.717, 1.165) is 12.8 Å². The van der Waals surface area contributed by atoms with Gasteiger partial charge in [0.1, 0.15) is 17.1 Å². The molecular weight excluding hydrogens is 366 g/mol. The Morgan fingerprint density at radius 2 is 1.55 bits per heavy atom. The van der Waals surface area contributed by atoms with Gasteiger partial charge in [0.2, 0.25) is 5.91 Å². The van der Waals surface area contributed by atoms with Gasteiger partial charge in [-0.15, -0.1) is 0 Å². The first-order valence-electron chi connectivity index (χ1n) is 11.3. The molecule has 0 saturated carbocycles. The fourth-order valence-electron chi connectivity index (χ4n) is 4.12. The van der Waals surface area contributed by atoms with Crippen LogP contribution >= 0.6 is 0 Å². The summed E-state index contributed by atoms with van der Waals surface area (Å²) in [6.45, 7) is 4.28.